The summed E-state index contributed by atoms with van der Waals surface area (Å²) in [5.41, 5.74) is 3.28. The summed E-state index contributed by atoms with van der Waals surface area (Å²) >= 11 is 0. The monoisotopic (exact) mass is 360 g/mol. The van der Waals surface area contributed by atoms with Crippen LogP contribution in [-0.2, 0) is 9.53 Å². The summed E-state index contributed by atoms with van der Waals surface area (Å²) in [6, 6.07) is 16.5. The van der Waals surface area contributed by atoms with Gasteiger partial charge >= 0.3 is 5.97 Å². The lowest BCUT2D eigenvalue weighted by Crippen LogP contribution is -2.21. The van der Waals surface area contributed by atoms with E-state index in [1.54, 1.807) is 44.2 Å². The Hall–Kier alpha value is -3.47. The molecule has 27 heavy (non-hydrogen) atoms. The minimum atomic E-state index is -0.386. The van der Waals surface area contributed by atoms with Crippen LogP contribution in [0.3, 0.4) is 0 Å². The zero-order chi connectivity index (χ0) is 19.2. The summed E-state index contributed by atoms with van der Waals surface area (Å²) in [4.78, 5) is 24.4. The van der Waals surface area contributed by atoms with Crippen LogP contribution in [0, 0.1) is 0 Å². The highest BCUT2D eigenvalue weighted by atomic mass is 16.5. The number of anilines is 1. The van der Waals surface area contributed by atoms with E-state index >= 15 is 0 Å². The number of esters is 1. The molecule has 0 fully saturated rings. The van der Waals surface area contributed by atoms with Gasteiger partial charge in [0.1, 0.15) is 0 Å². The summed E-state index contributed by atoms with van der Waals surface area (Å²) < 4.78 is 4.97. The highest BCUT2D eigenvalue weighted by Gasteiger charge is 2.28. The van der Waals surface area contributed by atoms with Crippen LogP contribution in [0.15, 0.2) is 77.4 Å². The molecule has 2 aromatic rings. The van der Waals surface area contributed by atoms with Crippen molar-refractivity contribution < 1.29 is 14.3 Å². The average molecular weight is 360 g/mol. The molecule has 0 radical (unpaired) electrons. The minimum absolute atomic E-state index is 0.200. The van der Waals surface area contributed by atoms with Crippen molar-refractivity contribution in [1.82, 2.24) is 0 Å². The number of hydrogen-bond donors (Lipinski definition) is 0. The van der Waals surface area contributed by atoms with Gasteiger partial charge < -0.3 is 4.74 Å². The van der Waals surface area contributed by atoms with Gasteiger partial charge in [0.2, 0.25) is 0 Å². The van der Waals surface area contributed by atoms with Crippen molar-refractivity contribution in [2.24, 2.45) is 5.10 Å². The predicted molar refractivity (Wildman–Crippen MR) is 107 cm³/mol. The second kappa shape index (κ2) is 8.27. The highest BCUT2D eigenvalue weighted by Crippen LogP contribution is 2.24. The lowest BCUT2D eigenvalue weighted by atomic mass is 10.1. The van der Waals surface area contributed by atoms with Crippen molar-refractivity contribution in [3.8, 4) is 0 Å². The Morgan fingerprint density at radius 3 is 2.48 bits per heavy atom. The molecule has 1 heterocycles. The number of amides is 1. The van der Waals surface area contributed by atoms with E-state index in [4.69, 9.17) is 4.74 Å². The third-order valence-electron chi connectivity index (χ3n) is 4.04. The van der Waals surface area contributed by atoms with Gasteiger partial charge in [0.25, 0.3) is 5.91 Å². The van der Waals surface area contributed by atoms with Crippen LogP contribution in [0.5, 0.6) is 0 Å². The predicted octanol–water partition coefficient (Wildman–Crippen LogP) is 4.23. The summed E-state index contributed by atoms with van der Waals surface area (Å²) in [5.74, 6) is -0.586. The largest absolute Gasteiger partial charge is 0.462 e. The number of benzene rings is 2. The van der Waals surface area contributed by atoms with E-state index in [9.17, 15) is 9.59 Å². The average Bonchev–Trinajstić information content (AvgIpc) is 2.97. The minimum Gasteiger partial charge on any atom is -0.462 e. The lowest BCUT2D eigenvalue weighted by molar-refractivity contribution is -0.114. The normalized spacial score (nSPS) is 15.5. The fourth-order valence-electron chi connectivity index (χ4n) is 2.66. The first-order valence-electron chi connectivity index (χ1n) is 8.71. The van der Waals surface area contributed by atoms with Crippen molar-refractivity contribution in [1.29, 1.82) is 0 Å². The summed E-state index contributed by atoms with van der Waals surface area (Å²) in [7, 11) is 0. The number of carbonyl (C=O) groups is 2. The molecule has 5 nitrogen and oxygen atoms in total. The lowest BCUT2D eigenvalue weighted by Gasteiger charge is -2.12. The van der Waals surface area contributed by atoms with Crippen molar-refractivity contribution in [3.63, 3.8) is 0 Å². The van der Waals surface area contributed by atoms with Crippen LogP contribution in [0.2, 0.25) is 0 Å². The number of nitrogens with zero attached hydrogens (tertiary/aromatic N) is 2. The molecular formula is C22H20N2O3. The SMILES string of the molecule is CCOC(=O)c1ccc(N2N=C(C)C(=CC=Cc3ccccc3)C2=O)cc1. The Morgan fingerprint density at radius 2 is 1.81 bits per heavy atom. The molecule has 3 rings (SSSR count). The second-order valence-electron chi connectivity index (χ2n) is 5.92. The molecule has 136 valence electrons. The van der Waals surface area contributed by atoms with Gasteiger partial charge in [-0.05, 0) is 49.8 Å². The molecule has 0 aromatic heterocycles. The number of carbonyl (C=O) groups excluding carboxylic acids is 2. The van der Waals surface area contributed by atoms with Crippen LogP contribution in [0.25, 0.3) is 6.08 Å². The molecule has 2 aromatic carbocycles. The van der Waals surface area contributed by atoms with Crippen molar-refractivity contribution in [2.75, 3.05) is 11.6 Å². The fourth-order valence-corrected chi connectivity index (χ4v) is 2.66. The third kappa shape index (κ3) is 4.20. The first kappa shape index (κ1) is 18.3. The van der Waals surface area contributed by atoms with Gasteiger partial charge in [-0.2, -0.15) is 10.1 Å². The summed E-state index contributed by atoms with van der Waals surface area (Å²) in [6.07, 6.45) is 5.54. The summed E-state index contributed by atoms with van der Waals surface area (Å²) in [6.45, 7) is 3.87. The van der Waals surface area contributed by atoms with Crippen molar-refractivity contribution in [3.05, 3.63) is 83.4 Å². The molecule has 1 amide bonds. The molecule has 0 aliphatic carbocycles. The van der Waals surface area contributed by atoms with Gasteiger partial charge in [-0.1, -0.05) is 42.5 Å². The molecule has 0 spiro atoms. The first-order valence-corrected chi connectivity index (χ1v) is 8.71. The molecule has 5 heteroatoms. The zero-order valence-corrected chi connectivity index (χ0v) is 15.3. The second-order valence-corrected chi connectivity index (χ2v) is 5.92. The van der Waals surface area contributed by atoms with E-state index in [1.165, 1.54) is 5.01 Å². The first-order chi connectivity index (χ1) is 13.1. The van der Waals surface area contributed by atoms with Gasteiger partial charge in [-0.25, -0.2) is 4.79 Å². The topological polar surface area (TPSA) is 59.0 Å². The van der Waals surface area contributed by atoms with E-state index in [1.807, 2.05) is 42.5 Å². The van der Waals surface area contributed by atoms with E-state index in [-0.39, 0.29) is 11.9 Å². The van der Waals surface area contributed by atoms with Gasteiger partial charge in [0.05, 0.1) is 29.1 Å². The third-order valence-corrected chi connectivity index (χ3v) is 4.04. The van der Waals surface area contributed by atoms with Crippen molar-refractivity contribution >= 4 is 29.4 Å². The Labute approximate surface area is 158 Å². The van der Waals surface area contributed by atoms with Crippen molar-refractivity contribution in [2.45, 2.75) is 13.8 Å². The maximum absolute atomic E-state index is 12.7. The smallest absolute Gasteiger partial charge is 0.338 e. The molecule has 1 aliphatic rings. The highest BCUT2D eigenvalue weighted by molar-refractivity contribution is 6.29. The molecular weight excluding hydrogens is 340 g/mol. The van der Waals surface area contributed by atoms with Gasteiger partial charge in [-0.15, -0.1) is 0 Å². The van der Waals surface area contributed by atoms with E-state index in [0.717, 1.165) is 5.56 Å². The number of rotatable bonds is 5. The number of allylic oxidation sites excluding steroid dienone is 2. The molecule has 0 saturated heterocycles. The fraction of sp³-hybridized carbons (Fsp3) is 0.136. The van der Waals surface area contributed by atoms with Gasteiger partial charge in [0.15, 0.2) is 0 Å². The molecule has 0 atom stereocenters. The molecule has 0 saturated carbocycles. The quantitative estimate of drug-likeness (QED) is 0.592. The Morgan fingerprint density at radius 1 is 1.11 bits per heavy atom. The zero-order valence-electron chi connectivity index (χ0n) is 15.3. The number of ether oxygens (including phenoxy) is 1. The molecule has 1 aliphatic heterocycles. The summed E-state index contributed by atoms with van der Waals surface area (Å²) in [5, 5.41) is 5.68. The van der Waals surface area contributed by atoms with E-state index in [2.05, 4.69) is 5.10 Å². The molecule has 0 bridgehead atoms. The standard InChI is InChI=1S/C22H20N2O3/c1-3-27-22(26)18-12-14-19(15-13-18)24-21(25)20(16(2)23-24)11-7-10-17-8-5-4-6-9-17/h4-15H,3H2,1-2H3. The van der Waals surface area contributed by atoms with E-state index < -0.39 is 0 Å². The van der Waals surface area contributed by atoms with Crippen LogP contribution in [0.4, 0.5) is 5.69 Å². The van der Waals surface area contributed by atoms with Crippen LogP contribution >= 0.6 is 0 Å². The van der Waals surface area contributed by atoms with Crippen LogP contribution in [0.1, 0.15) is 29.8 Å². The van der Waals surface area contributed by atoms with E-state index in [0.29, 0.717) is 29.1 Å². The van der Waals surface area contributed by atoms with Gasteiger partial charge in [0, 0.05) is 0 Å². The Balaban J connectivity index is 1.76. The molecule has 0 N–H and O–H groups in total. The number of hydrazone groups is 1. The number of hydrogen-bond acceptors (Lipinski definition) is 4. The maximum atomic E-state index is 12.7. The van der Waals surface area contributed by atoms with Crippen LogP contribution < -0.4 is 5.01 Å². The Kier molecular flexibility index (Phi) is 5.61. The molecule has 0 unspecified atom stereocenters. The van der Waals surface area contributed by atoms with Crippen LogP contribution in [-0.4, -0.2) is 24.2 Å². The van der Waals surface area contributed by atoms with Gasteiger partial charge in [-0.3, -0.25) is 4.79 Å². The maximum Gasteiger partial charge on any atom is 0.338 e. The Bertz CT molecular complexity index is 926.